The van der Waals surface area contributed by atoms with E-state index >= 15 is 0 Å². The Labute approximate surface area is 74.1 Å². The minimum absolute atomic E-state index is 0.0521. The van der Waals surface area contributed by atoms with Gasteiger partial charge in [-0.05, 0) is 0 Å². The molecule has 2 rings (SSSR count). The maximum absolute atomic E-state index is 10.9. The quantitative estimate of drug-likeness (QED) is 0.661. The molecule has 0 aliphatic carbocycles. The maximum Gasteiger partial charge on any atom is 0.241 e. The highest BCUT2D eigenvalue weighted by Crippen LogP contribution is 2.05. The topological polar surface area (TPSA) is 90.4 Å². The fourth-order valence-corrected chi connectivity index (χ4v) is 1.39. The van der Waals surface area contributed by atoms with Crippen molar-refractivity contribution in [2.45, 2.75) is 4.90 Å². The van der Waals surface area contributed by atoms with E-state index in [1.165, 1.54) is 23.1 Å². The summed E-state index contributed by atoms with van der Waals surface area (Å²) in [4.78, 5) is 3.80. The Balaban J connectivity index is 2.75. The molecule has 6 nitrogen and oxygen atoms in total. The second kappa shape index (κ2) is 2.51. The zero-order chi connectivity index (χ0) is 9.47. The minimum atomic E-state index is -3.70. The van der Waals surface area contributed by atoms with Gasteiger partial charge in [-0.15, -0.1) is 0 Å². The Bertz CT molecular complexity index is 545. The first-order valence-electron chi connectivity index (χ1n) is 3.39. The summed E-state index contributed by atoms with van der Waals surface area (Å²) in [6.45, 7) is 0. The number of aromatic nitrogens is 3. The first-order chi connectivity index (χ1) is 6.07. The number of hydrogen-bond acceptors (Lipinski definition) is 4. The predicted octanol–water partition coefficient (Wildman–Crippen LogP) is -0.623. The number of rotatable bonds is 1. The van der Waals surface area contributed by atoms with Crippen molar-refractivity contribution in [2.24, 2.45) is 5.14 Å². The molecule has 0 unspecified atom stereocenters. The van der Waals surface area contributed by atoms with Crippen LogP contribution in [0.5, 0.6) is 0 Å². The van der Waals surface area contributed by atoms with Gasteiger partial charge in [0.15, 0.2) is 5.65 Å². The summed E-state index contributed by atoms with van der Waals surface area (Å²) in [6.07, 6.45) is 4.04. The van der Waals surface area contributed by atoms with Crippen LogP contribution in [-0.2, 0) is 10.0 Å². The molecular formula is C6H6N4O2S. The van der Waals surface area contributed by atoms with Crippen molar-refractivity contribution in [3.8, 4) is 0 Å². The molecule has 0 aromatic carbocycles. The van der Waals surface area contributed by atoms with Crippen LogP contribution in [0.3, 0.4) is 0 Å². The van der Waals surface area contributed by atoms with Crippen LogP contribution in [0.4, 0.5) is 0 Å². The lowest BCUT2D eigenvalue weighted by atomic mass is 10.6. The molecule has 2 N–H and O–H groups in total. The Morgan fingerprint density at radius 1 is 1.46 bits per heavy atom. The Kier molecular flexibility index (Phi) is 1.57. The Morgan fingerprint density at radius 2 is 2.23 bits per heavy atom. The van der Waals surface area contributed by atoms with Crippen LogP contribution in [0.2, 0.25) is 0 Å². The molecule has 2 aromatic rings. The molecule has 0 bridgehead atoms. The van der Waals surface area contributed by atoms with Crippen LogP contribution in [-0.4, -0.2) is 23.0 Å². The van der Waals surface area contributed by atoms with Crippen molar-refractivity contribution in [3.63, 3.8) is 0 Å². The highest BCUT2D eigenvalue weighted by atomic mass is 32.2. The molecule has 0 atom stereocenters. The van der Waals surface area contributed by atoms with E-state index in [2.05, 4.69) is 10.1 Å². The number of sulfonamides is 1. The Morgan fingerprint density at radius 3 is 2.92 bits per heavy atom. The third-order valence-electron chi connectivity index (χ3n) is 1.55. The molecule has 0 amide bonds. The average Bonchev–Trinajstić information content (AvgIpc) is 2.47. The zero-order valence-corrected chi connectivity index (χ0v) is 7.27. The van der Waals surface area contributed by atoms with Gasteiger partial charge in [-0.25, -0.2) is 23.1 Å². The van der Waals surface area contributed by atoms with Crippen LogP contribution >= 0.6 is 0 Å². The number of fused-ring (bicyclic) bond motifs is 1. The van der Waals surface area contributed by atoms with E-state index in [0.29, 0.717) is 5.65 Å². The zero-order valence-electron chi connectivity index (χ0n) is 6.45. The van der Waals surface area contributed by atoms with Gasteiger partial charge in [-0.3, -0.25) is 0 Å². The van der Waals surface area contributed by atoms with Crippen molar-refractivity contribution in [2.75, 3.05) is 0 Å². The summed E-state index contributed by atoms with van der Waals surface area (Å²) in [5.74, 6) is 0. The van der Waals surface area contributed by atoms with Gasteiger partial charge in [0.2, 0.25) is 10.0 Å². The molecule has 0 saturated carbocycles. The predicted molar refractivity (Wildman–Crippen MR) is 44.4 cm³/mol. The molecule has 2 aromatic heterocycles. The summed E-state index contributed by atoms with van der Waals surface area (Å²) >= 11 is 0. The molecule has 2 heterocycles. The molecule has 0 saturated heterocycles. The van der Waals surface area contributed by atoms with Gasteiger partial charge in [-0.1, -0.05) is 0 Å². The number of primary sulfonamides is 1. The molecule has 0 radical (unpaired) electrons. The van der Waals surface area contributed by atoms with E-state index in [-0.39, 0.29) is 4.90 Å². The molecule has 7 heteroatoms. The van der Waals surface area contributed by atoms with Gasteiger partial charge >= 0.3 is 0 Å². The standard InChI is InChI=1S/C6H6N4O2S/c7-13(11,12)5-3-8-6-1-2-9-10(6)4-5/h1-4H,(H2,7,11,12). The molecule has 68 valence electrons. The summed E-state index contributed by atoms with van der Waals surface area (Å²) < 4.78 is 23.1. The van der Waals surface area contributed by atoms with Crippen molar-refractivity contribution < 1.29 is 8.42 Å². The van der Waals surface area contributed by atoms with Gasteiger partial charge in [-0.2, -0.15) is 5.10 Å². The van der Waals surface area contributed by atoms with E-state index < -0.39 is 10.0 Å². The highest BCUT2D eigenvalue weighted by Gasteiger charge is 2.08. The second-order valence-corrected chi connectivity index (χ2v) is 4.03. The lowest BCUT2D eigenvalue weighted by Crippen LogP contribution is -2.13. The third-order valence-corrected chi connectivity index (χ3v) is 2.42. The smallest absolute Gasteiger partial charge is 0.236 e. The largest absolute Gasteiger partial charge is 0.241 e. The summed E-state index contributed by atoms with van der Waals surface area (Å²) in [5, 5.41) is 8.73. The van der Waals surface area contributed by atoms with Gasteiger partial charge in [0, 0.05) is 6.07 Å². The summed E-state index contributed by atoms with van der Waals surface area (Å²) in [5.41, 5.74) is 0.576. The molecule has 0 aliphatic heterocycles. The normalized spacial score (nSPS) is 12.1. The van der Waals surface area contributed by atoms with E-state index in [9.17, 15) is 8.42 Å². The third kappa shape index (κ3) is 1.38. The van der Waals surface area contributed by atoms with Crippen molar-refractivity contribution in [1.82, 2.24) is 14.6 Å². The first-order valence-corrected chi connectivity index (χ1v) is 4.94. The van der Waals surface area contributed by atoms with Crippen LogP contribution in [0.1, 0.15) is 0 Å². The van der Waals surface area contributed by atoms with Crippen LogP contribution in [0, 0.1) is 0 Å². The number of hydrogen-bond donors (Lipinski definition) is 1. The highest BCUT2D eigenvalue weighted by molar-refractivity contribution is 7.89. The number of nitrogens with zero attached hydrogens (tertiary/aromatic N) is 3. The van der Waals surface area contributed by atoms with Gasteiger partial charge in [0.05, 0.1) is 18.6 Å². The average molecular weight is 198 g/mol. The van der Waals surface area contributed by atoms with Gasteiger partial charge in [0.1, 0.15) is 4.90 Å². The van der Waals surface area contributed by atoms with Gasteiger partial charge in [0.25, 0.3) is 0 Å². The first kappa shape index (κ1) is 8.14. The van der Waals surface area contributed by atoms with E-state index in [4.69, 9.17) is 5.14 Å². The molecule has 0 aliphatic rings. The molecule has 13 heavy (non-hydrogen) atoms. The van der Waals surface area contributed by atoms with Crippen molar-refractivity contribution in [3.05, 3.63) is 24.7 Å². The second-order valence-electron chi connectivity index (χ2n) is 2.47. The van der Waals surface area contributed by atoms with Gasteiger partial charge < -0.3 is 0 Å². The van der Waals surface area contributed by atoms with Crippen LogP contribution < -0.4 is 5.14 Å². The van der Waals surface area contributed by atoms with Crippen LogP contribution in [0.25, 0.3) is 5.65 Å². The van der Waals surface area contributed by atoms with E-state index in [1.807, 2.05) is 0 Å². The lowest BCUT2D eigenvalue weighted by molar-refractivity contribution is 0.596. The number of nitrogens with two attached hydrogens (primary N) is 1. The summed E-state index contributed by atoms with van der Waals surface area (Å²) in [6, 6.07) is 1.66. The fourth-order valence-electron chi connectivity index (χ4n) is 0.940. The Hall–Kier alpha value is -1.47. The van der Waals surface area contributed by atoms with Crippen LogP contribution in [0.15, 0.2) is 29.6 Å². The van der Waals surface area contributed by atoms with Crippen molar-refractivity contribution in [1.29, 1.82) is 0 Å². The molecular weight excluding hydrogens is 192 g/mol. The monoisotopic (exact) mass is 198 g/mol. The fraction of sp³-hybridized carbons (Fsp3) is 0. The maximum atomic E-state index is 10.9. The minimum Gasteiger partial charge on any atom is -0.236 e. The summed E-state index contributed by atoms with van der Waals surface area (Å²) in [7, 11) is -3.70. The SMILES string of the molecule is NS(=O)(=O)c1cnc2ccnn2c1. The molecule has 0 fully saturated rings. The van der Waals surface area contributed by atoms with E-state index in [1.54, 1.807) is 6.07 Å². The van der Waals surface area contributed by atoms with E-state index in [0.717, 1.165) is 0 Å². The molecule has 0 spiro atoms. The lowest BCUT2D eigenvalue weighted by Gasteiger charge is -1.97. The van der Waals surface area contributed by atoms with Crippen molar-refractivity contribution >= 4 is 15.7 Å².